The number of hydrogen-bond acceptors (Lipinski definition) is 4. The molecule has 4 rings (SSSR count). The van der Waals surface area contributed by atoms with E-state index in [4.69, 9.17) is 4.42 Å². The molecule has 3 aliphatic rings. The van der Waals surface area contributed by atoms with E-state index in [0.717, 1.165) is 25.4 Å². The van der Waals surface area contributed by atoms with Gasteiger partial charge in [0.05, 0.1) is 6.20 Å². The van der Waals surface area contributed by atoms with Crippen molar-refractivity contribution in [3.63, 3.8) is 0 Å². The molecular formula is C17H25N3O2. The van der Waals surface area contributed by atoms with Crippen LogP contribution in [0.1, 0.15) is 49.1 Å². The Kier molecular flexibility index (Phi) is 3.68. The number of nitrogens with zero attached hydrogens (tertiary/aromatic N) is 3. The minimum atomic E-state index is 0.0101. The number of hydrogen-bond donors (Lipinski definition) is 0. The molecule has 2 saturated heterocycles. The van der Waals surface area contributed by atoms with Gasteiger partial charge in [-0.3, -0.25) is 4.79 Å². The first-order valence-electron chi connectivity index (χ1n) is 8.64. The summed E-state index contributed by atoms with van der Waals surface area (Å²) in [6.45, 7) is 5.42. The number of amides is 1. The second-order valence-corrected chi connectivity index (χ2v) is 7.48. The number of piperidine rings is 2. The molecule has 1 amide bonds. The monoisotopic (exact) mass is 303 g/mol. The Morgan fingerprint density at radius 1 is 1.27 bits per heavy atom. The molecule has 0 radical (unpaired) electrons. The van der Waals surface area contributed by atoms with Crippen LogP contribution in [0.15, 0.2) is 17.0 Å². The van der Waals surface area contributed by atoms with Gasteiger partial charge in [0.1, 0.15) is 0 Å². The fraction of sp³-hybridized carbons (Fsp3) is 0.765. The van der Waals surface area contributed by atoms with Crippen LogP contribution in [0.4, 0.5) is 0 Å². The van der Waals surface area contributed by atoms with E-state index in [2.05, 4.69) is 9.88 Å². The highest BCUT2D eigenvalue weighted by molar-refractivity contribution is 5.91. The van der Waals surface area contributed by atoms with Crippen LogP contribution in [0.3, 0.4) is 0 Å². The zero-order chi connectivity index (χ0) is 15.0. The molecule has 1 saturated carbocycles. The number of likely N-dealkylation sites (tertiary alicyclic amines) is 2. The molecule has 1 aromatic rings. The summed E-state index contributed by atoms with van der Waals surface area (Å²) >= 11 is 0. The van der Waals surface area contributed by atoms with Crippen LogP contribution < -0.4 is 0 Å². The first kappa shape index (κ1) is 14.2. The predicted octanol–water partition coefficient (Wildman–Crippen LogP) is 2.40. The Balaban J connectivity index is 1.43. The molecule has 0 aromatic carbocycles. The number of oxazole rings is 1. The summed E-state index contributed by atoms with van der Waals surface area (Å²) in [5.74, 6) is 1.34. The van der Waals surface area contributed by atoms with Gasteiger partial charge in [0.25, 0.3) is 5.91 Å². The number of carbonyl (C=O) groups excluding carboxylic acids is 1. The quantitative estimate of drug-likeness (QED) is 0.860. The summed E-state index contributed by atoms with van der Waals surface area (Å²) in [5, 5.41) is 0. The van der Waals surface area contributed by atoms with Crippen LogP contribution in [0.2, 0.25) is 0 Å². The molecular weight excluding hydrogens is 278 g/mol. The van der Waals surface area contributed by atoms with E-state index < -0.39 is 0 Å². The second-order valence-electron chi connectivity index (χ2n) is 7.48. The third-order valence-electron chi connectivity index (χ3n) is 5.55. The molecule has 1 aromatic heterocycles. The maximum atomic E-state index is 12.5. The van der Waals surface area contributed by atoms with Gasteiger partial charge in [-0.2, -0.15) is 0 Å². The molecule has 1 spiro atoms. The SMILES string of the molecule is O=C(c1cnco1)N1CCCC2(CCCN(CC3CC3)C2)C1. The molecule has 1 unspecified atom stereocenters. The van der Waals surface area contributed by atoms with E-state index in [1.807, 2.05) is 4.90 Å². The van der Waals surface area contributed by atoms with Crippen molar-refractivity contribution in [1.82, 2.24) is 14.8 Å². The molecule has 5 heteroatoms. The molecule has 5 nitrogen and oxygen atoms in total. The lowest BCUT2D eigenvalue weighted by atomic mass is 9.73. The largest absolute Gasteiger partial charge is 0.438 e. The van der Waals surface area contributed by atoms with Gasteiger partial charge >= 0.3 is 0 Å². The molecule has 2 aliphatic heterocycles. The van der Waals surface area contributed by atoms with Crippen molar-refractivity contribution in [3.8, 4) is 0 Å². The van der Waals surface area contributed by atoms with Gasteiger partial charge in [-0.1, -0.05) is 0 Å². The van der Waals surface area contributed by atoms with Crippen LogP contribution in [0, 0.1) is 11.3 Å². The van der Waals surface area contributed by atoms with Crippen LogP contribution in [0.5, 0.6) is 0 Å². The highest BCUT2D eigenvalue weighted by atomic mass is 16.3. The molecule has 22 heavy (non-hydrogen) atoms. The van der Waals surface area contributed by atoms with E-state index >= 15 is 0 Å². The van der Waals surface area contributed by atoms with Crippen LogP contribution in [-0.4, -0.2) is 53.4 Å². The van der Waals surface area contributed by atoms with Crippen molar-refractivity contribution >= 4 is 5.91 Å². The summed E-state index contributed by atoms with van der Waals surface area (Å²) in [6, 6.07) is 0. The second kappa shape index (κ2) is 5.69. The van der Waals surface area contributed by atoms with E-state index in [1.54, 1.807) is 0 Å². The van der Waals surface area contributed by atoms with E-state index in [1.165, 1.54) is 64.3 Å². The Labute approximate surface area is 131 Å². The lowest BCUT2D eigenvalue weighted by Crippen LogP contribution is -2.53. The minimum absolute atomic E-state index is 0.0101. The Morgan fingerprint density at radius 2 is 2.09 bits per heavy atom. The zero-order valence-corrected chi connectivity index (χ0v) is 13.2. The Morgan fingerprint density at radius 3 is 2.82 bits per heavy atom. The van der Waals surface area contributed by atoms with Crippen molar-refractivity contribution in [2.45, 2.75) is 38.5 Å². The number of carbonyl (C=O) groups is 1. The van der Waals surface area contributed by atoms with E-state index in [9.17, 15) is 4.79 Å². The Bertz CT molecular complexity index is 522. The fourth-order valence-corrected chi connectivity index (χ4v) is 4.32. The molecule has 0 N–H and O–H groups in total. The first-order valence-corrected chi connectivity index (χ1v) is 8.64. The fourth-order valence-electron chi connectivity index (χ4n) is 4.32. The predicted molar refractivity (Wildman–Crippen MR) is 82.5 cm³/mol. The lowest BCUT2D eigenvalue weighted by Gasteiger charge is -2.48. The van der Waals surface area contributed by atoms with Gasteiger partial charge in [-0.05, 0) is 51.0 Å². The third kappa shape index (κ3) is 2.91. The summed E-state index contributed by atoms with van der Waals surface area (Å²) in [7, 11) is 0. The standard InChI is InChI=1S/C17H25N3O2/c21-16(15-9-18-13-22-15)20-8-2-6-17(12-20)5-1-7-19(11-17)10-14-3-4-14/h9,13-14H,1-8,10-12H2. The summed E-state index contributed by atoms with van der Waals surface area (Å²) in [5.41, 5.74) is 0.307. The summed E-state index contributed by atoms with van der Waals surface area (Å²) < 4.78 is 5.19. The van der Waals surface area contributed by atoms with Gasteiger partial charge < -0.3 is 14.2 Å². The lowest BCUT2D eigenvalue weighted by molar-refractivity contribution is 0.0111. The van der Waals surface area contributed by atoms with Crippen molar-refractivity contribution in [2.24, 2.45) is 11.3 Å². The zero-order valence-electron chi connectivity index (χ0n) is 13.2. The molecule has 1 atom stereocenters. The highest BCUT2D eigenvalue weighted by Gasteiger charge is 2.41. The van der Waals surface area contributed by atoms with E-state index in [-0.39, 0.29) is 5.91 Å². The maximum Gasteiger partial charge on any atom is 0.291 e. The summed E-state index contributed by atoms with van der Waals surface area (Å²) in [4.78, 5) is 21.1. The van der Waals surface area contributed by atoms with Gasteiger partial charge in [-0.15, -0.1) is 0 Å². The topological polar surface area (TPSA) is 49.6 Å². The summed E-state index contributed by atoms with van der Waals surface area (Å²) in [6.07, 6.45) is 10.6. The molecule has 0 bridgehead atoms. The first-order chi connectivity index (χ1) is 10.7. The molecule has 1 aliphatic carbocycles. The van der Waals surface area contributed by atoms with Gasteiger partial charge in [-0.25, -0.2) is 4.98 Å². The van der Waals surface area contributed by atoms with Crippen molar-refractivity contribution < 1.29 is 9.21 Å². The van der Waals surface area contributed by atoms with Crippen molar-refractivity contribution in [1.29, 1.82) is 0 Å². The van der Waals surface area contributed by atoms with Gasteiger partial charge in [0.15, 0.2) is 6.39 Å². The van der Waals surface area contributed by atoms with Gasteiger partial charge in [0.2, 0.25) is 5.76 Å². The smallest absolute Gasteiger partial charge is 0.291 e. The van der Waals surface area contributed by atoms with Gasteiger partial charge in [0, 0.05) is 31.6 Å². The van der Waals surface area contributed by atoms with Crippen molar-refractivity contribution in [3.05, 3.63) is 18.4 Å². The van der Waals surface area contributed by atoms with Crippen LogP contribution >= 0.6 is 0 Å². The third-order valence-corrected chi connectivity index (χ3v) is 5.55. The maximum absolute atomic E-state index is 12.5. The Hall–Kier alpha value is -1.36. The molecule has 3 heterocycles. The average molecular weight is 303 g/mol. The minimum Gasteiger partial charge on any atom is -0.438 e. The number of rotatable bonds is 3. The van der Waals surface area contributed by atoms with E-state index in [0.29, 0.717) is 11.2 Å². The molecule has 3 fully saturated rings. The van der Waals surface area contributed by atoms with Crippen molar-refractivity contribution in [2.75, 3.05) is 32.7 Å². The average Bonchev–Trinajstić information content (AvgIpc) is 3.16. The normalized spacial score (nSPS) is 29.9. The molecule has 120 valence electrons. The van der Waals surface area contributed by atoms with Crippen LogP contribution in [0.25, 0.3) is 0 Å². The number of aromatic nitrogens is 1. The van der Waals surface area contributed by atoms with Crippen LogP contribution in [-0.2, 0) is 0 Å². The highest BCUT2D eigenvalue weighted by Crippen LogP contribution is 2.40.